The quantitative estimate of drug-likeness (QED) is 0.441. The summed E-state index contributed by atoms with van der Waals surface area (Å²) in [5.74, 6) is 1.67. The van der Waals surface area contributed by atoms with Crippen LogP contribution in [-0.2, 0) is 6.42 Å². The normalized spacial score (nSPS) is 17.1. The van der Waals surface area contributed by atoms with E-state index in [4.69, 9.17) is 11.6 Å². The van der Waals surface area contributed by atoms with Gasteiger partial charge in [0.05, 0.1) is 0 Å². The molecule has 4 nitrogen and oxygen atoms in total. The maximum Gasteiger partial charge on any atom is 0.191 e. The van der Waals surface area contributed by atoms with Gasteiger partial charge in [-0.25, -0.2) is 0 Å². The Labute approximate surface area is 158 Å². The van der Waals surface area contributed by atoms with Gasteiger partial charge in [0.1, 0.15) is 0 Å². The van der Waals surface area contributed by atoms with Crippen LogP contribution >= 0.6 is 11.6 Å². The summed E-state index contributed by atoms with van der Waals surface area (Å²) in [7, 11) is 1.84. The van der Waals surface area contributed by atoms with Gasteiger partial charge in [-0.15, -0.1) is 0 Å². The molecule has 0 aliphatic carbocycles. The Hall–Kier alpha value is -1.26. The van der Waals surface area contributed by atoms with E-state index in [-0.39, 0.29) is 0 Å². The van der Waals surface area contributed by atoms with Crippen molar-refractivity contribution in [1.82, 2.24) is 15.5 Å². The molecule has 0 saturated carbocycles. The Morgan fingerprint density at radius 1 is 1.28 bits per heavy atom. The predicted molar refractivity (Wildman–Crippen MR) is 109 cm³/mol. The fourth-order valence-corrected chi connectivity index (χ4v) is 3.58. The average molecular weight is 365 g/mol. The van der Waals surface area contributed by atoms with E-state index in [1.165, 1.54) is 38.0 Å². The van der Waals surface area contributed by atoms with Crippen LogP contribution in [-0.4, -0.2) is 50.1 Å². The van der Waals surface area contributed by atoms with E-state index in [1.54, 1.807) is 0 Å². The zero-order valence-corrected chi connectivity index (χ0v) is 16.6. The first kappa shape index (κ1) is 20.1. The van der Waals surface area contributed by atoms with Crippen molar-refractivity contribution in [3.05, 3.63) is 34.9 Å². The van der Waals surface area contributed by atoms with Crippen molar-refractivity contribution in [3.8, 4) is 0 Å². The number of hydrogen-bond donors (Lipinski definition) is 2. The van der Waals surface area contributed by atoms with Crippen molar-refractivity contribution in [2.45, 2.75) is 45.6 Å². The highest BCUT2D eigenvalue weighted by atomic mass is 35.5. The zero-order chi connectivity index (χ0) is 18.1. The van der Waals surface area contributed by atoms with Crippen LogP contribution in [0.1, 0.15) is 38.7 Å². The maximum absolute atomic E-state index is 6.20. The molecule has 0 radical (unpaired) electrons. The summed E-state index contributed by atoms with van der Waals surface area (Å²) in [5, 5.41) is 7.87. The Kier molecular flexibility index (Phi) is 8.56. The molecule has 0 unspecified atom stereocenters. The molecule has 0 spiro atoms. The van der Waals surface area contributed by atoms with E-state index in [0.29, 0.717) is 6.04 Å². The average Bonchev–Trinajstić information content (AvgIpc) is 2.60. The summed E-state index contributed by atoms with van der Waals surface area (Å²) in [4.78, 5) is 6.94. The molecule has 0 aromatic heterocycles. The summed E-state index contributed by atoms with van der Waals surface area (Å²) < 4.78 is 0. The molecule has 0 bridgehead atoms. The van der Waals surface area contributed by atoms with Gasteiger partial charge in [0.15, 0.2) is 5.96 Å². The number of halogens is 1. The summed E-state index contributed by atoms with van der Waals surface area (Å²) >= 11 is 6.20. The number of nitrogens with zero attached hydrogens (tertiary/aromatic N) is 2. The number of hydrogen-bond acceptors (Lipinski definition) is 2. The van der Waals surface area contributed by atoms with Gasteiger partial charge in [0.25, 0.3) is 0 Å². The second-order valence-electron chi connectivity index (χ2n) is 7.31. The van der Waals surface area contributed by atoms with Crippen molar-refractivity contribution in [2.24, 2.45) is 10.9 Å². The highest BCUT2D eigenvalue weighted by Crippen LogP contribution is 2.16. The summed E-state index contributed by atoms with van der Waals surface area (Å²) in [6.07, 6.45) is 4.40. The van der Waals surface area contributed by atoms with Crippen LogP contribution in [0.25, 0.3) is 0 Å². The highest BCUT2D eigenvalue weighted by molar-refractivity contribution is 6.31. The van der Waals surface area contributed by atoms with Gasteiger partial charge in [-0.3, -0.25) is 4.99 Å². The van der Waals surface area contributed by atoms with Gasteiger partial charge in [-0.2, -0.15) is 0 Å². The number of guanidine groups is 1. The summed E-state index contributed by atoms with van der Waals surface area (Å²) in [6.45, 7) is 9.05. The number of nitrogens with one attached hydrogen (secondary N) is 2. The first-order valence-corrected chi connectivity index (χ1v) is 9.89. The summed E-state index contributed by atoms with van der Waals surface area (Å²) in [5.41, 5.74) is 1.21. The van der Waals surface area contributed by atoms with E-state index < -0.39 is 0 Å². The molecule has 25 heavy (non-hydrogen) atoms. The number of aliphatic imine (C=N–C) groups is 1. The fraction of sp³-hybridized carbons (Fsp3) is 0.650. The lowest BCUT2D eigenvalue weighted by molar-refractivity contribution is 0.187. The standard InChI is InChI=1S/C20H33ClN4/c1-16(2)15-25-13-10-18(11-14-25)24-20(22-3)23-12-6-8-17-7-4-5-9-19(17)21/h4-5,7,9,16,18H,6,8,10-15H2,1-3H3,(H2,22,23,24). The molecule has 2 N–H and O–H groups in total. The van der Waals surface area contributed by atoms with Gasteiger partial charge in [-0.05, 0) is 43.2 Å². The number of benzene rings is 1. The second kappa shape index (κ2) is 10.7. The SMILES string of the molecule is CN=C(NCCCc1ccccc1Cl)NC1CCN(CC(C)C)CC1. The molecule has 1 fully saturated rings. The van der Waals surface area contributed by atoms with E-state index >= 15 is 0 Å². The van der Waals surface area contributed by atoms with Crippen LogP contribution in [0.2, 0.25) is 5.02 Å². The molecule has 140 valence electrons. The van der Waals surface area contributed by atoms with Gasteiger partial charge < -0.3 is 15.5 Å². The van der Waals surface area contributed by atoms with Crippen molar-refractivity contribution in [1.29, 1.82) is 0 Å². The van der Waals surface area contributed by atoms with Gasteiger partial charge in [0, 0.05) is 44.3 Å². The second-order valence-corrected chi connectivity index (χ2v) is 7.71. The Morgan fingerprint density at radius 3 is 2.64 bits per heavy atom. The minimum atomic E-state index is 0.526. The van der Waals surface area contributed by atoms with Crippen molar-refractivity contribution in [3.63, 3.8) is 0 Å². The first-order valence-electron chi connectivity index (χ1n) is 9.51. The molecule has 1 heterocycles. The minimum absolute atomic E-state index is 0.526. The van der Waals surface area contributed by atoms with Crippen LogP contribution < -0.4 is 10.6 Å². The number of aryl methyl sites for hydroxylation is 1. The third-order valence-corrected chi connectivity index (χ3v) is 5.02. The largest absolute Gasteiger partial charge is 0.356 e. The molecule has 2 rings (SSSR count). The molecular weight excluding hydrogens is 332 g/mol. The van der Waals surface area contributed by atoms with Gasteiger partial charge in [0.2, 0.25) is 0 Å². The predicted octanol–water partition coefficient (Wildman–Crippen LogP) is 3.56. The molecule has 0 atom stereocenters. The van der Waals surface area contributed by atoms with Crippen LogP contribution in [0.4, 0.5) is 0 Å². The molecule has 1 aliphatic rings. The van der Waals surface area contributed by atoms with Gasteiger partial charge in [-0.1, -0.05) is 43.6 Å². The lowest BCUT2D eigenvalue weighted by Gasteiger charge is -2.34. The Bertz CT molecular complexity index is 536. The van der Waals surface area contributed by atoms with Crippen molar-refractivity contribution in [2.75, 3.05) is 33.2 Å². The molecule has 5 heteroatoms. The Balaban J connectivity index is 1.65. The van der Waals surface area contributed by atoms with E-state index in [9.17, 15) is 0 Å². The minimum Gasteiger partial charge on any atom is -0.356 e. The molecule has 1 aromatic rings. The monoisotopic (exact) mass is 364 g/mol. The smallest absolute Gasteiger partial charge is 0.191 e. The van der Waals surface area contributed by atoms with E-state index in [2.05, 4.69) is 40.4 Å². The molecule has 1 aromatic carbocycles. The lowest BCUT2D eigenvalue weighted by Crippen LogP contribution is -2.49. The number of likely N-dealkylation sites (tertiary alicyclic amines) is 1. The molecule has 0 amide bonds. The first-order chi connectivity index (χ1) is 12.1. The molecule has 1 aliphatic heterocycles. The third-order valence-electron chi connectivity index (χ3n) is 4.65. The topological polar surface area (TPSA) is 39.7 Å². The lowest BCUT2D eigenvalue weighted by atomic mass is 10.0. The van der Waals surface area contributed by atoms with Gasteiger partial charge >= 0.3 is 0 Å². The van der Waals surface area contributed by atoms with Crippen LogP contribution in [0.5, 0.6) is 0 Å². The Morgan fingerprint density at radius 2 is 2.00 bits per heavy atom. The molecule has 1 saturated heterocycles. The highest BCUT2D eigenvalue weighted by Gasteiger charge is 2.20. The van der Waals surface area contributed by atoms with Crippen LogP contribution in [0.3, 0.4) is 0 Å². The van der Waals surface area contributed by atoms with Crippen LogP contribution in [0, 0.1) is 5.92 Å². The molecular formula is C20H33ClN4. The number of piperidine rings is 1. The van der Waals surface area contributed by atoms with Crippen molar-refractivity contribution < 1.29 is 0 Å². The van der Waals surface area contributed by atoms with Crippen LogP contribution in [0.15, 0.2) is 29.3 Å². The summed E-state index contributed by atoms with van der Waals surface area (Å²) in [6, 6.07) is 8.60. The van der Waals surface area contributed by atoms with Crippen molar-refractivity contribution >= 4 is 17.6 Å². The van der Waals surface area contributed by atoms with E-state index in [1.807, 2.05) is 25.2 Å². The van der Waals surface area contributed by atoms with E-state index in [0.717, 1.165) is 36.3 Å². The fourth-order valence-electron chi connectivity index (χ4n) is 3.35. The number of rotatable bonds is 7. The maximum atomic E-state index is 6.20. The third kappa shape index (κ3) is 7.25. The zero-order valence-electron chi connectivity index (χ0n) is 15.9.